The van der Waals surface area contributed by atoms with E-state index in [-0.39, 0.29) is 17.1 Å². The number of carbonyl (C=O) groups excluding carboxylic acids is 1. The van der Waals surface area contributed by atoms with Gasteiger partial charge >= 0.3 is 5.97 Å². The number of anilines is 1. The molecule has 0 aliphatic carbocycles. The second kappa shape index (κ2) is 5.00. The monoisotopic (exact) mass is 244 g/mol. The predicted molar refractivity (Wildman–Crippen MR) is 61.2 cm³/mol. The van der Waals surface area contributed by atoms with Crippen molar-refractivity contribution in [2.45, 2.75) is 0 Å². The molecule has 0 spiro atoms. The maximum atomic E-state index is 11.8. The Bertz CT molecular complexity index is 586. The van der Waals surface area contributed by atoms with E-state index in [9.17, 15) is 9.59 Å². The van der Waals surface area contributed by atoms with Gasteiger partial charge in [-0.15, -0.1) is 0 Å². The van der Waals surface area contributed by atoms with E-state index in [4.69, 9.17) is 5.11 Å². The minimum Gasteiger partial charge on any atom is -0.476 e. The first-order valence-electron chi connectivity index (χ1n) is 4.94. The molecule has 90 valence electrons. The van der Waals surface area contributed by atoms with Crippen molar-refractivity contribution < 1.29 is 14.7 Å². The zero-order valence-electron chi connectivity index (χ0n) is 9.07. The van der Waals surface area contributed by atoms with Crippen LogP contribution in [-0.4, -0.2) is 31.9 Å². The van der Waals surface area contributed by atoms with Crippen molar-refractivity contribution in [1.82, 2.24) is 15.0 Å². The molecule has 0 fully saturated rings. The highest BCUT2D eigenvalue weighted by Gasteiger charge is 2.14. The minimum absolute atomic E-state index is 0.0951. The number of nitrogens with one attached hydrogen (secondary N) is 1. The lowest BCUT2D eigenvalue weighted by atomic mass is 10.3. The molecule has 0 bridgehead atoms. The van der Waals surface area contributed by atoms with Gasteiger partial charge < -0.3 is 10.4 Å². The molecule has 7 heteroatoms. The van der Waals surface area contributed by atoms with Gasteiger partial charge in [0.1, 0.15) is 5.69 Å². The van der Waals surface area contributed by atoms with Crippen molar-refractivity contribution in [2.24, 2.45) is 0 Å². The highest BCUT2D eigenvalue weighted by atomic mass is 16.4. The number of rotatable bonds is 3. The third kappa shape index (κ3) is 2.46. The summed E-state index contributed by atoms with van der Waals surface area (Å²) < 4.78 is 0. The summed E-state index contributed by atoms with van der Waals surface area (Å²) in [6.07, 6.45) is 5.42. The Balaban J connectivity index is 2.25. The van der Waals surface area contributed by atoms with Gasteiger partial charge in [0.15, 0.2) is 5.69 Å². The molecule has 2 rings (SSSR count). The number of hydrogen-bond acceptors (Lipinski definition) is 5. The van der Waals surface area contributed by atoms with E-state index in [0.29, 0.717) is 0 Å². The fourth-order valence-electron chi connectivity index (χ4n) is 1.28. The summed E-state index contributed by atoms with van der Waals surface area (Å²) in [6, 6.07) is 2.98. The topological polar surface area (TPSA) is 105 Å². The number of carboxylic acids is 1. The van der Waals surface area contributed by atoms with Crippen LogP contribution in [0.3, 0.4) is 0 Å². The van der Waals surface area contributed by atoms with Gasteiger partial charge in [-0.3, -0.25) is 9.78 Å². The van der Waals surface area contributed by atoms with Gasteiger partial charge in [0.05, 0.1) is 11.9 Å². The smallest absolute Gasteiger partial charge is 0.356 e. The molecule has 2 N–H and O–H groups in total. The maximum Gasteiger partial charge on any atom is 0.356 e. The van der Waals surface area contributed by atoms with Crippen LogP contribution in [0.1, 0.15) is 21.0 Å². The number of aromatic carboxylic acids is 1. The Morgan fingerprint density at radius 3 is 2.67 bits per heavy atom. The molecule has 7 nitrogen and oxygen atoms in total. The molecular weight excluding hydrogens is 236 g/mol. The van der Waals surface area contributed by atoms with Crippen molar-refractivity contribution >= 4 is 17.6 Å². The number of nitrogens with zero attached hydrogens (tertiary/aromatic N) is 3. The van der Waals surface area contributed by atoms with Crippen molar-refractivity contribution in [3.63, 3.8) is 0 Å². The summed E-state index contributed by atoms with van der Waals surface area (Å²) in [5, 5.41) is 11.3. The Morgan fingerprint density at radius 2 is 2.00 bits per heavy atom. The Morgan fingerprint density at radius 1 is 1.17 bits per heavy atom. The molecule has 18 heavy (non-hydrogen) atoms. The number of amides is 1. The second-order valence-electron chi connectivity index (χ2n) is 3.25. The first kappa shape index (κ1) is 11.6. The summed E-state index contributed by atoms with van der Waals surface area (Å²) in [4.78, 5) is 33.9. The fraction of sp³-hybridized carbons (Fsp3) is 0. The van der Waals surface area contributed by atoms with Crippen LogP contribution in [0.15, 0.2) is 36.9 Å². The summed E-state index contributed by atoms with van der Waals surface area (Å²) >= 11 is 0. The standard InChI is InChI=1S/C11H8N4O3/c16-10(8-6-12-4-5-13-8)15-7-2-1-3-14-9(7)11(17)18/h1-6H,(H,15,16)(H,17,18). The van der Waals surface area contributed by atoms with E-state index >= 15 is 0 Å². The molecule has 0 radical (unpaired) electrons. The molecule has 0 saturated carbocycles. The summed E-state index contributed by atoms with van der Waals surface area (Å²) in [7, 11) is 0. The molecule has 0 aliphatic heterocycles. The minimum atomic E-state index is -1.22. The summed E-state index contributed by atoms with van der Waals surface area (Å²) in [5.74, 6) is -1.76. The third-order valence-electron chi connectivity index (χ3n) is 2.05. The number of aromatic nitrogens is 3. The summed E-state index contributed by atoms with van der Waals surface area (Å²) in [6.45, 7) is 0. The molecule has 0 unspecified atom stereocenters. The van der Waals surface area contributed by atoms with Gasteiger partial charge in [-0.2, -0.15) is 0 Å². The van der Waals surface area contributed by atoms with Crippen LogP contribution in [0.2, 0.25) is 0 Å². The second-order valence-corrected chi connectivity index (χ2v) is 3.25. The lowest BCUT2D eigenvalue weighted by Crippen LogP contribution is -2.16. The number of hydrogen-bond donors (Lipinski definition) is 2. The van der Waals surface area contributed by atoms with E-state index in [1.54, 1.807) is 0 Å². The van der Waals surface area contributed by atoms with Crippen LogP contribution in [0.5, 0.6) is 0 Å². The van der Waals surface area contributed by atoms with E-state index in [1.165, 1.54) is 36.9 Å². The van der Waals surface area contributed by atoms with Crippen LogP contribution >= 0.6 is 0 Å². The Labute approximate surface area is 102 Å². The zero-order chi connectivity index (χ0) is 13.0. The molecular formula is C11H8N4O3. The lowest BCUT2D eigenvalue weighted by molar-refractivity contribution is 0.0692. The molecule has 2 heterocycles. The third-order valence-corrected chi connectivity index (χ3v) is 2.05. The highest BCUT2D eigenvalue weighted by Crippen LogP contribution is 2.12. The lowest BCUT2D eigenvalue weighted by Gasteiger charge is -2.06. The Kier molecular flexibility index (Phi) is 3.24. The molecule has 0 aliphatic rings. The van der Waals surface area contributed by atoms with Gasteiger partial charge in [0.25, 0.3) is 5.91 Å². The van der Waals surface area contributed by atoms with Gasteiger partial charge in [-0.05, 0) is 12.1 Å². The van der Waals surface area contributed by atoms with Gasteiger partial charge in [0, 0.05) is 18.6 Å². The first-order chi connectivity index (χ1) is 8.68. The number of pyridine rings is 1. The quantitative estimate of drug-likeness (QED) is 0.828. The Hall–Kier alpha value is -2.83. The van der Waals surface area contributed by atoms with Crippen LogP contribution in [-0.2, 0) is 0 Å². The molecule has 0 aromatic carbocycles. The normalized spacial score (nSPS) is 9.78. The molecule has 0 atom stereocenters. The molecule has 2 aromatic heterocycles. The fourth-order valence-corrected chi connectivity index (χ4v) is 1.28. The molecule has 0 saturated heterocycles. The van der Waals surface area contributed by atoms with Gasteiger partial charge in [0.2, 0.25) is 0 Å². The summed E-state index contributed by atoms with van der Waals surface area (Å²) in [5.41, 5.74) is -0.0203. The van der Waals surface area contributed by atoms with Crippen LogP contribution in [0.4, 0.5) is 5.69 Å². The number of carbonyl (C=O) groups is 2. The van der Waals surface area contributed by atoms with E-state index in [2.05, 4.69) is 20.3 Å². The van der Waals surface area contributed by atoms with Gasteiger partial charge in [-0.1, -0.05) is 0 Å². The average Bonchev–Trinajstić information content (AvgIpc) is 2.40. The van der Waals surface area contributed by atoms with Crippen molar-refractivity contribution in [1.29, 1.82) is 0 Å². The van der Waals surface area contributed by atoms with Crippen LogP contribution < -0.4 is 5.32 Å². The maximum absolute atomic E-state index is 11.8. The van der Waals surface area contributed by atoms with Crippen molar-refractivity contribution in [3.05, 3.63) is 48.3 Å². The number of carboxylic acid groups (broad SMARTS) is 1. The first-order valence-corrected chi connectivity index (χ1v) is 4.94. The predicted octanol–water partition coefficient (Wildman–Crippen LogP) is 0.822. The van der Waals surface area contributed by atoms with E-state index in [1.807, 2.05) is 0 Å². The van der Waals surface area contributed by atoms with Crippen molar-refractivity contribution in [2.75, 3.05) is 5.32 Å². The SMILES string of the molecule is O=C(Nc1cccnc1C(=O)O)c1cnccn1. The molecule has 1 amide bonds. The average molecular weight is 244 g/mol. The largest absolute Gasteiger partial charge is 0.476 e. The van der Waals surface area contributed by atoms with Crippen LogP contribution in [0.25, 0.3) is 0 Å². The van der Waals surface area contributed by atoms with E-state index < -0.39 is 11.9 Å². The van der Waals surface area contributed by atoms with Gasteiger partial charge in [-0.25, -0.2) is 14.8 Å². The zero-order valence-corrected chi connectivity index (χ0v) is 9.07. The van der Waals surface area contributed by atoms with Crippen molar-refractivity contribution in [3.8, 4) is 0 Å². The highest BCUT2D eigenvalue weighted by molar-refractivity contribution is 6.05. The molecule has 2 aromatic rings. The van der Waals surface area contributed by atoms with Crippen LogP contribution in [0, 0.1) is 0 Å². The van der Waals surface area contributed by atoms with E-state index in [0.717, 1.165) is 0 Å².